The SMILES string of the molecule is O=C(CO)OS(=O)(=O)O. The lowest BCUT2D eigenvalue weighted by molar-refractivity contribution is -0.137. The molecule has 0 aromatic carbocycles. The highest BCUT2D eigenvalue weighted by Crippen LogP contribution is 1.84. The molecule has 54 valence electrons. The van der Waals surface area contributed by atoms with Gasteiger partial charge in [-0.15, -0.1) is 0 Å². The van der Waals surface area contributed by atoms with Crippen LogP contribution in [0.15, 0.2) is 0 Å². The minimum Gasteiger partial charge on any atom is -0.385 e. The minimum atomic E-state index is -4.74. The monoisotopic (exact) mass is 156 g/mol. The van der Waals surface area contributed by atoms with Gasteiger partial charge in [-0.2, -0.15) is 8.42 Å². The van der Waals surface area contributed by atoms with Crippen LogP contribution in [0, 0.1) is 0 Å². The predicted octanol–water partition coefficient (Wildman–Crippen LogP) is -1.68. The van der Waals surface area contributed by atoms with Crippen LogP contribution in [0.1, 0.15) is 0 Å². The Balaban J connectivity index is 3.91. The first kappa shape index (κ1) is 8.34. The average molecular weight is 156 g/mol. The normalized spacial score (nSPS) is 10.9. The quantitative estimate of drug-likeness (QED) is 0.463. The molecule has 0 aromatic rings. The van der Waals surface area contributed by atoms with E-state index in [1.165, 1.54) is 0 Å². The highest BCUT2D eigenvalue weighted by Gasteiger charge is 2.10. The number of aliphatic hydroxyl groups is 1. The molecule has 0 bridgehead atoms. The van der Waals surface area contributed by atoms with Gasteiger partial charge in [0.2, 0.25) is 0 Å². The molecule has 7 heteroatoms. The Morgan fingerprint density at radius 2 is 2.00 bits per heavy atom. The third kappa shape index (κ3) is 5.21. The molecule has 0 aliphatic heterocycles. The van der Waals surface area contributed by atoms with Crippen LogP contribution in [0.25, 0.3) is 0 Å². The van der Waals surface area contributed by atoms with Crippen molar-refractivity contribution in [1.29, 1.82) is 0 Å². The maximum absolute atomic E-state index is 9.82. The van der Waals surface area contributed by atoms with Gasteiger partial charge in [-0.3, -0.25) is 4.55 Å². The average Bonchev–Trinajstić information content (AvgIpc) is 1.62. The summed E-state index contributed by atoms with van der Waals surface area (Å²) >= 11 is 0. The van der Waals surface area contributed by atoms with Crippen LogP contribution < -0.4 is 0 Å². The van der Waals surface area contributed by atoms with Crippen molar-refractivity contribution in [3.05, 3.63) is 0 Å². The Bertz CT molecular complexity index is 189. The first-order chi connectivity index (χ1) is 3.95. The summed E-state index contributed by atoms with van der Waals surface area (Å²) in [6.07, 6.45) is 0. The molecule has 0 heterocycles. The van der Waals surface area contributed by atoms with E-state index in [-0.39, 0.29) is 0 Å². The zero-order valence-corrected chi connectivity index (χ0v) is 4.96. The summed E-state index contributed by atoms with van der Waals surface area (Å²) in [5, 5.41) is 7.85. The molecule has 2 N–H and O–H groups in total. The van der Waals surface area contributed by atoms with E-state index in [9.17, 15) is 13.2 Å². The molecule has 0 unspecified atom stereocenters. The third-order valence-corrected chi connectivity index (χ3v) is 0.724. The largest absolute Gasteiger partial charge is 0.449 e. The van der Waals surface area contributed by atoms with Gasteiger partial charge >= 0.3 is 16.4 Å². The summed E-state index contributed by atoms with van der Waals surface area (Å²) < 4.78 is 30.2. The molecule has 0 aliphatic rings. The molecule has 0 saturated heterocycles. The number of aliphatic hydroxyl groups excluding tert-OH is 1. The lowest BCUT2D eigenvalue weighted by Gasteiger charge is -1.93. The lowest BCUT2D eigenvalue weighted by Crippen LogP contribution is -2.14. The van der Waals surface area contributed by atoms with Crippen molar-refractivity contribution in [3.63, 3.8) is 0 Å². The van der Waals surface area contributed by atoms with E-state index in [2.05, 4.69) is 4.18 Å². The first-order valence-electron chi connectivity index (χ1n) is 1.76. The Morgan fingerprint density at radius 1 is 1.56 bits per heavy atom. The third-order valence-electron chi connectivity index (χ3n) is 0.327. The standard InChI is InChI=1S/C2H4O6S/c3-1-2(4)8-9(5,6)7/h3H,1H2,(H,5,6,7). The maximum Gasteiger partial charge on any atom is 0.449 e. The highest BCUT2D eigenvalue weighted by molar-refractivity contribution is 7.81. The van der Waals surface area contributed by atoms with Crippen LogP contribution in [0.2, 0.25) is 0 Å². The number of hydrogen-bond donors (Lipinski definition) is 2. The van der Waals surface area contributed by atoms with E-state index in [0.29, 0.717) is 0 Å². The van der Waals surface area contributed by atoms with Gasteiger partial charge < -0.3 is 9.29 Å². The van der Waals surface area contributed by atoms with Crippen molar-refractivity contribution in [3.8, 4) is 0 Å². The molecular weight excluding hydrogens is 152 g/mol. The van der Waals surface area contributed by atoms with E-state index in [0.717, 1.165) is 0 Å². The molecule has 0 rings (SSSR count). The molecule has 0 saturated carbocycles. The molecule has 0 aliphatic carbocycles. The van der Waals surface area contributed by atoms with Crippen LogP contribution in [0.3, 0.4) is 0 Å². The van der Waals surface area contributed by atoms with Gasteiger partial charge in [0.15, 0.2) is 0 Å². The fourth-order valence-electron chi connectivity index (χ4n) is 0.144. The van der Waals surface area contributed by atoms with Crippen LogP contribution >= 0.6 is 0 Å². The van der Waals surface area contributed by atoms with Crippen molar-refractivity contribution in [1.82, 2.24) is 0 Å². The second-order valence-corrected chi connectivity index (χ2v) is 2.06. The fourth-order valence-corrected chi connectivity index (χ4v) is 0.431. The maximum atomic E-state index is 9.82. The predicted molar refractivity (Wildman–Crippen MR) is 24.7 cm³/mol. The van der Waals surface area contributed by atoms with Crippen molar-refractivity contribution in [2.45, 2.75) is 0 Å². The van der Waals surface area contributed by atoms with Gasteiger partial charge in [-0.05, 0) is 0 Å². The van der Waals surface area contributed by atoms with Gasteiger partial charge in [0.1, 0.15) is 6.61 Å². The molecule has 0 radical (unpaired) electrons. The first-order valence-corrected chi connectivity index (χ1v) is 3.13. The second-order valence-electron chi connectivity index (χ2n) is 1.04. The molecule has 0 atom stereocenters. The topological polar surface area (TPSA) is 101 Å². The van der Waals surface area contributed by atoms with Crippen molar-refractivity contribution < 1.29 is 27.1 Å². The Labute approximate surface area is 51.0 Å². The molecule has 0 fully saturated rings. The van der Waals surface area contributed by atoms with E-state index < -0.39 is 23.0 Å². The van der Waals surface area contributed by atoms with Gasteiger partial charge in [0, 0.05) is 0 Å². The summed E-state index contributed by atoms with van der Waals surface area (Å²) in [7, 11) is -4.74. The number of hydrogen-bond acceptors (Lipinski definition) is 5. The number of carbonyl (C=O) groups excluding carboxylic acids is 1. The summed E-state index contributed by atoms with van der Waals surface area (Å²) in [5.74, 6) is -1.42. The van der Waals surface area contributed by atoms with Gasteiger partial charge in [-0.25, -0.2) is 4.79 Å². The van der Waals surface area contributed by atoms with E-state index >= 15 is 0 Å². The number of carbonyl (C=O) groups is 1. The lowest BCUT2D eigenvalue weighted by atomic mass is 10.8. The van der Waals surface area contributed by atoms with Crippen LogP contribution in [-0.4, -0.2) is 30.7 Å². The Hall–Kier alpha value is -0.660. The van der Waals surface area contributed by atoms with Crippen molar-refractivity contribution >= 4 is 16.4 Å². The molecule has 6 nitrogen and oxygen atoms in total. The zero-order chi connectivity index (χ0) is 7.49. The molecule has 0 amide bonds. The van der Waals surface area contributed by atoms with E-state index in [4.69, 9.17) is 9.66 Å². The van der Waals surface area contributed by atoms with Crippen molar-refractivity contribution in [2.24, 2.45) is 0 Å². The van der Waals surface area contributed by atoms with E-state index in [1.54, 1.807) is 0 Å². The second kappa shape index (κ2) is 2.76. The zero-order valence-electron chi connectivity index (χ0n) is 4.14. The Morgan fingerprint density at radius 3 is 2.11 bits per heavy atom. The molecular formula is C2H4O6S. The Kier molecular flexibility index (Phi) is 2.56. The summed E-state index contributed by atoms with van der Waals surface area (Å²) in [5.41, 5.74) is 0. The summed E-state index contributed by atoms with van der Waals surface area (Å²) in [6.45, 7) is -1.08. The van der Waals surface area contributed by atoms with Gasteiger partial charge in [-0.1, -0.05) is 0 Å². The van der Waals surface area contributed by atoms with Crippen LogP contribution in [0.5, 0.6) is 0 Å². The molecule has 0 aromatic heterocycles. The van der Waals surface area contributed by atoms with Gasteiger partial charge in [0.05, 0.1) is 0 Å². The van der Waals surface area contributed by atoms with Crippen LogP contribution in [0.4, 0.5) is 0 Å². The highest BCUT2D eigenvalue weighted by atomic mass is 32.3. The molecule has 9 heavy (non-hydrogen) atoms. The fraction of sp³-hybridized carbons (Fsp3) is 0.500. The smallest absolute Gasteiger partial charge is 0.385 e. The molecule has 0 spiro atoms. The van der Waals surface area contributed by atoms with Crippen LogP contribution in [-0.2, 0) is 19.4 Å². The minimum absolute atomic E-state index is 1.08. The summed E-state index contributed by atoms with van der Waals surface area (Å²) in [4.78, 5) is 9.82. The summed E-state index contributed by atoms with van der Waals surface area (Å²) in [6, 6.07) is 0. The van der Waals surface area contributed by atoms with E-state index in [1.807, 2.05) is 0 Å². The van der Waals surface area contributed by atoms with Gasteiger partial charge in [0.25, 0.3) is 0 Å². The number of rotatable bonds is 2. The van der Waals surface area contributed by atoms with Crippen molar-refractivity contribution in [2.75, 3.05) is 6.61 Å².